The van der Waals surface area contributed by atoms with Crippen LogP contribution in [0.1, 0.15) is 5.56 Å². The van der Waals surface area contributed by atoms with Gasteiger partial charge >= 0.3 is 0 Å². The van der Waals surface area contributed by atoms with Crippen molar-refractivity contribution < 1.29 is 14.3 Å². The van der Waals surface area contributed by atoms with Gasteiger partial charge in [-0.2, -0.15) is 0 Å². The first-order valence-corrected chi connectivity index (χ1v) is 5.78. The molecule has 0 bridgehead atoms. The molecule has 19 heavy (non-hydrogen) atoms. The van der Waals surface area contributed by atoms with Crippen LogP contribution < -0.4 is 15.2 Å². The fourth-order valence-electron chi connectivity index (χ4n) is 1.95. The Kier molecular flexibility index (Phi) is 3.71. The van der Waals surface area contributed by atoms with Crippen molar-refractivity contribution in [3.8, 4) is 11.5 Å². The normalized spacial score (nSPS) is 10.8. The monoisotopic (exact) mass is 257 g/mol. The van der Waals surface area contributed by atoms with Crippen molar-refractivity contribution in [1.82, 2.24) is 0 Å². The molecule has 0 spiro atoms. The van der Waals surface area contributed by atoms with E-state index in [4.69, 9.17) is 15.2 Å². The average Bonchev–Trinajstić information content (AvgIpc) is 2.43. The summed E-state index contributed by atoms with van der Waals surface area (Å²) < 4.78 is 10.6. The highest BCUT2D eigenvalue weighted by molar-refractivity contribution is 5.95. The van der Waals surface area contributed by atoms with E-state index in [1.165, 1.54) is 6.08 Å². The van der Waals surface area contributed by atoms with Crippen LogP contribution in [0.4, 0.5) is 0 Å². The lowest BCUT2D eigenvalue weighted by Gasteiger charge is -2.10. The standard InChI is InChI=1S/C15H15NO3/c1-18-13-5-3-4-10-9-14(19-2)11(8-12(10)13)6-7-15(16)17/h3-9H,1-2H3,(H2,16,17)/b7-6+. The summed E-state index contributed by atoms with van der Waals surface area (Å²) in [6.45, 7) is 0. The molecule has 1 amide bonds. The summed E-state index contributed by atoms with van der Waals surface area (Å²) >= 11 is 0. The second-order valence-corrected chi connectivity index (χ2v) is 4.01. The van der Waals surface area contributed by atoms with Crippen LogP contribution >= 0.6 is 0 Å². The van der Waals surface area contributed by atoms with Gasteiger partial charge in [0.15, 0.2) is 0 Å². The van der Waals surface area contributed by atoms with Gasteiger partial charge < -0.3 is 15.2 Å². The zero-order valence-electron chi connectivity index (χ0n) is 10.8. The van der Waals surface area contributed by atoms with Gasteiger partial charge in [0.25, 0.3) is 0 Å². The zero-order valence-corrected chi connectivity index (χ0v) is 10.8. The molecule has 0 aliphatic heterocycles. The predicted molar refractivity (Wildman–Crippen MR) is 75.3 cm³/mol. The van der Waals surface area contributed by atoms with E-state index in [2.05, 4.69) is 0 Å². The molecule has 2 N–H and O–H groups in total. The van der Waals surface area contributed by atoms with Gasteiger partial charge in [0.05, 0.1) is 14.2 Å². The number of fused-ring (bicyclic) bond motifs is 1. The van der Waals surface area contributed by atoms with Crippen molar-refractivity contribution in [2.75, 3.05) is 14.2 Å². The number of carbonyl (C=O) groups is 1. The number of primary amides is 1. The Morgan fingerprint density at radius 1 is 1.16 bits per heavy atom. The first-order chi connectivity index (χ1) is 9.15. The zero-order chi connectivity index (χ0) is 13.8. The van der Waals surface area contributed by atoms with E-state index in [0.29, 0.717) is 5.75 Å². The van der Waals surface area contributed by atoms with Gasteiger partial charge in [-0.15, -0.1) is 0 Å². The van der Waals surface area contributed by atoms with Crippen molar-refractivity contribution in [2.45, 2.75) is 0 Å². The number of methoxy groups -OCH3 is 2. The molecule has 2 rings (SSSR count). The second-order valence-electron chi connectivity index (χ2n) is 4.01. The molecule has 0 unspecified atom stereocenters. The molecule has 0 aliphatic rings. The molecule has 0 heterocycles. The minimum Gasteiger partial charge on any atom is -0.496 e. The summed E-state index contributed by atoms with van der Waals surface area (Å²) in [6.07, 6.45) is 2.94. The highest BCUT2D eigenvalue weighted by atomic mass is 16.5. The van der Waals surface area contributed by atoms with E-state index < -0.39 is 5.91 Å². The third-order valence-electron chi connectivity index (χ3n) is 2.84. The van der Waals surface area contributed by atoms with Gasteiger partial charge in [-0.05, 0) is 29.7 Å². The van der Waals surface area contributed by atoms with Crippen LogP contribution in [0.25, 0.3) is 16.8 Å². The number of hydrogen-bond acceptors (Lipinski definition) is 3. The Balaban J connectivity index is 2.65. The molecule has 4 nitrogen and oxygen atoms in total. The molecule has 2 aromatic carbocycles. The van der Waals surface area contributed by atoms with Crippen molar-refractivity contribution in [3.05, 3.63) is 42.0 Å². The molecule has 0 radical (unpaired) electrons. The highest BCUT2D eigenvalue weighted by Crippen LogP contribution is 2.32. The molecular formula is C15H15NO3. The molecule has 4 heteroatoms. The maximum absolute atomic E-state index is 10.8. The Morgan fingerprint density at radius 2 is 1.89 bits per heavy atom. The van der Waals surface area contributed by atoms with Crippen molar-refractivity contribution in [2.24, 2.45) is 5.73 Å². The van der Waals surface area contributed by atoms with Gasteiger partial charge in [-0.25, -0.2) is 0 Å². The number of carbonyl (C=O) groups excluding carboxylic acids is 1. The van der Waals surface area contributed by atoms with Crippen LogP contribution in [-0.2, 0) is 4.79 Å². The van der Waals surface area contributed by atoms with E-state index >= 15 is 0 Å². The Hall–Kier alpha value is -2.49. The van der Waals surface area contributed by atoms with E-state index in [0.717, 1.165) is 22.1 Å². The maximum atomic E-state index is 10.8. The maximum Gasteiger partial charge on any atom is 0.241 e. The number of ether oxygens (including phenoxy) is 2. The van der Waals surface area contributed by atoms with E-state index in [9.17, 15) is 4.79 Å². The number of amides is 1. The first kappa shape index (κ1) is 13.0. The lowest BCUT2D eigenvalue weighted by atomic mass is 10.0. The predicted octanol–water partition coefficient (Wildman–Crippen LogP) is 2.36. The third-order valence-corrected chi connectivity index (χ3v) is 2.84. The summed E-state index contributed by atoms with van der Waals surface area (Å²) in [6, 6.07) is 9.59. The van der Waals surface area contributed by atoms with Crippen molar-refractivity contribution in [1.29, 1.82) is 0 Å². The lowest BCUT2D eigenvalue weighted by Crippen LogP contribution is -2.05. The van der Waals surface area contributed by atoms with Gasteiger partial charge in [0.2, 0.25) is 5.91 Å². The summed E-state index contributed by atoms with van der Waals surface area (Å²) in [5, 5.41) is 1.96. The fraction of sp³-hybridized carbons (Fsp3) is 0.133. The number of benzene rings is 2. The van der Waals surface area contributed by atoms with Crippen molar-refractivity contribution >= 4 is 22.8 Å². The van der Waals surface area contributed by atoms with Crippen LogP contribution in [0.3, 0.4) is 0 Å². The Labute approximate surface area is 111 Å². The largest absolute Gasteiger partial charge is 0.496 e. The SMILES string of the molecule is COc1cc2cccc(OC)c2cc1/C=C/C(N)=O. The van der Waals surface area contributed by atoms with Crippen LogP contribution in [0.15, 0.2) is 36.4 Å². The molecular weight excluding hydrogens is 242 g/mol. The van der Waals surface area contributed by atoms with Gasteiger partial charge in [-0.3, -0.25) is 4.79 Å². The summed E-state index contributed by atoms with van der Waals surface area (Å²) in [5.74, 6) is 0.953. The van der Waals surface area contributed by atoms with Crippen LogP contribution in [0.2, 0.25) is 0 Å². The first-order valence-electron chi connectivity index (χ1n) is 5.78. The third kappa shape index (κ3) is 2.68. The van der Waals surface area contributed by atoms with Crippen molar-refractivity contribution in [3.63, 3.8) is 0 Å². The van der Waals surface area contributed by atoms with Gasteiger partial charge in [0, 0.05) is 17.0 Å². The highest BCUT2D eigenvalue weighted by Gasteiger charge is 2.07. The molecule has 0 aromatic heterocycles. The quantitative estimate of drug-likeness (QED) is 0.855. The number of nitrogens with two attached hydrogens (primary N) is 1. The number of hydrogen-bond donors (Lipinski definition) is 1. The lowest BCUT2D eigenvalue weighted by molar-refractivity contribution is -0.113. The Morgan fingerprint density at radius 3 is 2.53 bits per heavy atom. The molecule has 0 atom stereocenters. The second kappa shape index (κ2) is 5.44. The smallest absolute Gasteiger partial charge is 0.241 e. The molecule has 0 fully saturated rings. The van der Waals surface area contributed by atoms with Crippen LogP contribution in [-0.4, -0.2) is 20.1 Å². The number of rotatable bonds is 4. The average molecular weight is 257 g/mol. The molecule has 98 valence electrons. The molecule has 0 aliphatic carbocycles. The van der Waals surface area contributed by atoms with Gasteiger partial charge in [0.1, 0.15) is 11.5 Å². The summed E-state index contributed by atoms with van der Waals surface area (Å²) in [7, 11) is 3.21. The van der Waals surface area contributed by atoms with Crippen LogP contribution in [0.5, 0.6) is 11.5 Å². The van der Waals surface area contributed by atoms with Crippen LogP contribution in [0, 0.1) is 0 Å². The minimum atomic E-state index is -0.498. The summed E-state index contributed by atoms with van der Waals surface area (Å²) in [4.78, 5) is 10.8. The molecule has 2 aromatic rings. The van der Waals surface area contributed by atoms with E-state index in [1.807, 2.05) is 30.3 Å². The summed E-state index contributed by atoms with van der Waals surface area (Å²) in [5.41, 5.74) is 5.89. The van der Waals surface area contributed by atoms with Gasteiger partial charge in [-0.1, -0.05) is 12.1 Å². The fourth-order valence-corrected chi connectivity index (χ4v) is 1.95. The topological polar surface area (TPSA) is 61.6 Å². The minimum absolute atomic E-state index is 0.498. The van der Waals surface area contributed by atoms with E-state index in [1.54, 1.807) is 20.3 Å². The van der Waals surface area contributed by atoms with E-state index in [-0.39, 0.29) is 0 Å². The molecule has 0 saturated carbocycles. The molecule has 0 saturated heterocycles. The Bertz CT molecular complexity index is 647.